The van der Waals surface area contributed by atoms with Gasteiger partial charge in [0.15, 0.2) is 0 Å². The van der Waals surface area contributed by atoms with Crippen LogP contribution in [0.1, 0.15) is 11.7 Å². The van der Waals surface area contributed by atoms with Crippen LogP contribution in [0.25, 0.3) is 0 Å². The molecule has 1 unspecified atom stereocenters. The molecule has 12 heavy (non-hydrogen) atoms. The first-order valence-corrected chi connectivity index (χ1v) is 4.66. The SMILES string of the molecule is NCC(O)c1cccc(Br)c1Cl. The van der Waals surface area contributed by atoms with Crippen molar-refractivity contribution in [3.63, 3.8) is 0 Å². The molecule has 1 aromatic rings. The Morgan fingerprint density at radius 3 is 2.83 bits per heavy atom. The molecule has 0 heterocycles. The van der Waals surface area contributed by atoms with Gasteiger partial charge in [-0.15, -0.1) is 0 Å². The molecule has 1 rings (SSSR count). The van der Waals surface area contributed by atoms with Gasteiger partial charge >= 0.3 is 0 Å². The van der Waals surface area contributed by atoms with Crippen LogP contribution in [0.5, 0.6) is 0 Å². The van der Waals surface area contributed by atoms with Crippen molar-refractivity contribution in [1.29, 1.82) is 0 Å². The van der Waals surface area contributed by atoms with Crippen LogP contribution < -0.4 is 5.73 Å². The molecule has 1 aromatic carbocycles. The van der Waals surface area contributed by atoms with Gasteiger partial charge in [-0.25, -0.2) is 0 Å². The molecule has 0 amide bonds. The zero-order valence-corrected chi connectivity index (χ0v) is 8.64. The van der Waals surface area contributed by atoms with Crippen molar-refractivity contribution in [2.75, 3.05) is 6.54 Å². The molecule has 0 saturated carbocycles. The van der Waals surface area contributed by atoms with E-state index in [2.05, 4.69) is 15.9 Å². The lowest BCUT2D eigenvalue weighted by molar-refractivity contribution is 0.187. The van der Waals surface area contributed by atoms with Gasteiger partial charge in [0.05, 0.1) is 11.1 Å². The van der Waals surface area contributed by atoms with Crippen LogP contribution in [0.2, 0.25) is 5.02 Å². The third-order valence-corrected chi connectivity index (χ3v) is 2.87. The third kappa shape index (κ3) is 1.98. The highest BCUT2D eigenvalue weighted by atomic mass is 79.9. The summed E-state index contributed by atoms with van der Waals surface area (Å²) < 4.78 is 0.772. The Labute approximate surface area is 84.5 Å². The second-order valence-electron chi connectivity index (χ2n) is 2.39. The monoisotopic (exact) mass is 249 g/mol. The van der Waals surface area contributed by atoms with Crippen molar-refractivity contribution in [3.8, 4) is 0 Å². The molecule has 0 aliphatic heterocycles. The number of benzene rings is 1. The maximum Gasteiger partial charge on any atom is 0.0926 e. The Kier molecular flexibility index (Phi) is 3.53. The van der Waals surface area contributed by atoms with Crippen molar-refractivity contribution < 1.29 is 5.11 Å². The summed E-state index contributed by atoms with van der Waals surface area (Å²) in [6.07, 6.45) is -0.685. The molecule has 66 valence electrons. The van der Waals surface area contributed by atoms with Gasteiger partial charge in [-0.1, -0.05) is 23.7 Å². The minimum atomic E-state index is -0.685. The van der Waals surface area contributed by atoms with Gasteiger partial charge in [-0.3, -0.25) is 0 Å². The molecule has 0 radical (unpaired) electrons. The molecule has 0 aromatic heterocycles. The number of rotatable bonds is 2. The Morgan fingerprint density at radius 2 is 2.25 bits per heavy atom. The molecule has 0 aliphatic rings. The van der Waals surface area contributed by atoms with E-state index in [1.54, 1.807) is 6.07 Å². The van der Waals surface area contributed by atoms with E-state index in [1.807, 2.05) is 12.1 Å². The smallest absolute Gasteiger partial charge is 0.0926 e. The molecule has 0 spiro atoms. The normalized spacial score (nSPS) is 13.0. The second kappa shape index (κ2) is 4.23. The van der Waals surface area contributed by atoms with Gasteiger partial charge in [-0.05, 0) is 22.0 Å². The highest BCUT2D eigenvalue weighted by molar-refractivity contribution is 9.10. The molecule has 1 atom stereocenters. The van der Waals surface area contributed by atoms with Gasteiger partial charge in [0, 0.05) is 16.6 Å². The van der Waals surface area contributed by atoms with Gasteiger partial charge in [0.2, 0.25) is 0 Å². The maximum atomic E-state index is 9.40. The zero-order chi connectivity index (χ0) is 9.14. The van der Waals surface area contributed by atoms with E-state index >= 15 is 0 Å². The number of aliphatic hydroxyl groups excluding tert-OH is 1. The summed E-state index contributed by atoms with van der Waals surface area (Å²) in [6, 6.07) is 5.38. The van der Waals surface area contributed by atoms with Crippen LogP contribution in [0.3, 0.4) is 0 Å². The number of nitrogens with two attached hydrogens (primary N) is 1. The lowest BCUT2D eigenvalue weighted by Gasteiger charge is -2.10. The number of aliphatic hydroxyl groups is 1. The average Bonchev–Trinajstić information content (AvgIpc) is 2.08. The first kappa shape index (κ1) is 9.99. The highest BCUT2D eigenvalue weighted by Crippen LogP contribution is 2.29. The van der Waals surface area contributed by atoms with Crippen LogP contribution in [-0.2, 0) is 0 Å². The Bertz CT molecular complexity index is 280. The zero-order valence-electron chi connectivity index (χ0n) is 6.30. The molecular weight excluding hydrogens is 241 g/mol. The Morgan fingerprint density at radius 1 is 1.58 bits per heavy atom. The van der Waals surface area contributed by atoms with Gasteiger partial charge in [0.1, 0.15) is 0 Å². The Hall–Kier alpha value is -0.0900. The maximum absolute atomic E-state index is 9.40. The largest absolute Gasteiger partial charge is 0.387 e. The summed E-state index contributed by atoms with van der Waals surface area (Å²) in [5.41, 5.74) is 5.96. The van der Waals surface area contributed by atoms with Crippen LogP contribution in [0, 0.1) is 0 Å². The number of hydrogen-bond acceptors (Lipinski definition) is 2. The second-order valence-corrected chi connectivity index (χ2v) is 3.63. The summed E-state index contributed by atoms with van der Waals surface area (Å²) in [4.78, 5) is 0. The van der Waals surface area contributed by atoms with Gasteiger partial charge < -0.3 is 10.8 Å². The standard InChI is InChI=1S/C8H9BrClNO/c9-6-3-1-2-5(8(6)10)7(12)4-11/h1-3,7,12H,4,11H2. The summed E-state index contributed by atoms with van der Waals surface area (Å²) in [5, 5.41) is 9.93. The highest BCUT2D eigenvalue weighted by Gasteiger charge is 2.10. The van der Waals surface area contributed by atoms with E-state index in [1.165, 1.54) is 0 Å². The molecule has 0 saturated heterocycles. The average molecular weight is 251 g/mol. The number of halogens is 2. The predicted octanol–water partition coefficient (Wildman–Crippen LogP) is 2.09. The topological polar surface area (TPSA) is 46.2 Å². The molecule has 2 nitrogen and oxygen atoms in total. The van der Waals surface area contributed by atoms with E-state index < -0.39 is 6.10 Å². The predicted molar refractivity (Wildman–Crippen MR) is 53.2 cm³/mol. The molecule has 3 N–H and O–H groups in total. The summed E-state index contributed by atoms with van der Waals surface area (Å²) >= 11 is 9.16. The van der Waals surface area contributed by atoms with Crippen molar-refractivity contribution in [3.05, 3.63) is 33.3 Å². The van der Waals surface area contributed by atoms with Crippen LogP contribution in [0.15, 0.2) is 22.7 Å². The van der Waals surface area contributed by atoms with E-state index in [0.717, 1.165) is 4.47 Å². The summed E-state index contributed by atoms with van der Waals surface area (Å²) in [7, 11) is 0. The van der Waals surface area contributed by atoms with Crippen molar-refractivity contribution >= 4 is 27.5 Å². The number of hydrogen-bond donors (Lipinski definition) is 2. The fraction of sp³-hybridized carbons (Fsp3) is 0.250. The quantitative estimate of drug-likeness (QED) is 0.844. The van der Waals surface area contributed by atoms with E-state index in [-0.39, 0.29) is 6.54 Å². The minimum Gasteiger partial charge on any atom is -0.387 e. The van der Waals surface area contributed by atoms with Crippen molar-refractivity contribution in [1.82, 2.24) is 0 Å². The van der Waals surface area contributed by atoms with E-state index in [9.17, 15) is 5.11 Å². The van der Waals surface area contributed by atoms with Crippen molar-refractivity contribution in [2.45, 2.75) is 6.10 Å². The summed E-state index contributed by atoms with van der Waals surface area (Å²) in [6.45, 7) is 0.177. The first-order valence-electron chi connectivity index (χ1n) is 3.49. The Balaban J connectivity index is 3.07. The summed E-state index contributed by atoms with van der Waals surface area (Å²) in [5.74, 6) is 0. The molecule has 0 aliphatic carbocycles. The van der Waals surface area contributed by atoms with Crippen LogP contribution in [0.4, 0.5) is 0 Å². The van der Waals surface area contributed by atoms with Gasteiger partial charge in [0.25, 0.3) is 0 Å². The van der Waals surface area contributed by atoms with E-state index in [4.69, 9.17) is 17.3 Å². The van der Waals surface area contributed by atoms with Crippen LogP contribution in [-0.4, -0.2) is 11.7 Å². The van der Waals surface area contributed by atoms with E-state index in [0.29, 0.717) is 10.6 Å². The lowest BCUT2D eigenvalue weighted by Crippen LogP contribution is -2.11. The molecule has 4 heteroatoms. The third-order valence-electron chi connectivity index (χ3n) is 1.56. The fourth-order valence-electron chi connectivity index (χ4n) is 0.905. The molecule has 0 bridgehead atoms. The fourth-order valence-corrected chi connectivity index (χ4v) is 1.54. The molecular formula is C8H9BrClNO. The van der Waals surface area contributed by atoms with Crippen molar-refractivity contribution in [2.24, 2.45) is 5.73 Å². The molecule has 0 fully saturated rings. The minimum absolute atomic E-state index is 0.177. The van der Waals surface area contributed by atoms with Crippen LogP contribution >= 0.6 is 27.5 Å². The first-order chi connectivity index (χ1) is 5.66. The lowest BCUT2D eigenvalue weighted by atomic mass is 10.1. The van der Waals surface area contributed by atoms with Gasteiger partial charge in [-0.2, -0.15) is 0 Å².